The van der Waals surface area contributed by atoms with Crippen LogP contribution in [0.5, 0.6) is 0 Å². The Morgan fingerprint density at radius 2 is 1.88 bits per heavy atom. The van der Waals surface area contributed by atoms with E-state index in [9.17, 15) is 0 Å². The van der Waals surface area contributed by atoms with E-state index in [1.807, 2.05) is 25.2 Å². The highest BCUT2D eigenvalue weighted by atomic mass is 35.5. The minimum atomic E-state index is 0.150. The maximum Gasteiger partial charge on any atom is 0.0563 e. The third-order valence-electron chi connectivity index (χ3n) is 3.27. The lowest BCUT2D eigenvalue weighted by Crippen LogP contribution is -2.20. The van der Waals surface area contributed by atoms with Crippen LogP contribution in [0, 0.1) is 0 Å². The predicted octanol–water partition coefficient (Wildman–Crippen LogP) is 4.75. The second-order valence-corrected chi connectivity index (χ2v) is 5.20. The standard InChI is InChI=1S/C14H17Cl2N/c1-17-14(10-6-3-2-4-7-10)13-11(15)8-5-9-12(13)16/h5-6,8-9,14,17H,2-4,7H2,1H3. The van der Waals surface area contributed by atoms with Crippen molar-refractivity contribution in [3.05, 3.63) is 45.5 Å². The number of benzene rings is 1. The van der Waals surface area contributed by atoms with E-state index in [1.165, 1.54) is 18.4 Å². The SMILES string of the molecule is CNC(C1=CCCCC1)c1c(Cl)cccc1Cl. The average Bonchev–Trinajstić information content (AvgIpc) is 2.35. The molecular formula is C14H17Cl2N. The first kappa shape index (κ1) is 12.9. The Balaban J connectivity index is 2.38. The minimum Gasteiger partial charge on any atom is -0.310 e. The van der Waals surface area contributed by atoms with E-state index in [0.29, 0.717) is 0 Å². The van der Waals surface area contributed by atoms with Gasteiger partial charge in [-0.05, 0) is 44.9 Å². The summed E-state index contributed by atoms with van der Waals surface area (Å²) in [7, 11) is 1.96. The third kappa shape index (κ3) is 2.85. The van der Waals surface area contributed by atoms with Gasteiger partial charge in [0.05, 0.1) is 6.04 Å². The van der Waals surface area contributed by atoms with Crippen molar-refractivity contribution in [2.45, 2.75) is 31.7 Å². The van der Waals surface area contributed by atoms with Crippen molar-refractivity contribution in [1.82, 2.24) is 5.32 Å². The zero-order valence-electron chi connectivity index (χ0n) is 9.97. The molecule has 1 aliphatic carbocycles. The van der Waals surface area contributed by atoms with Crippen molar-refractivity contribution >= 4 is 23.2 Å². The molecule has 1 N–H and O–H groups in total. The van der Waals surface area contributed by atoms with Crippen LogP contribution in [0.3, 0.4) is 0 Å². The molecule has 0 saturated carbocycles. The van der Waals surface area contributed by atoms with E-state index >= 15 is 0 Å². The Morgan fingerprint density at radius 3 is 2.41 bits per heavy atom. The van der Waals surface area contributed by atoms with Gasteiger partial charge in [0.15, 0.2) is 0 Å². The average molecular weight is 270 g/mol. The van der Waals surface area contributed by atoms with Crippen molar-refractivity contribution in [2.75, 3.05) is 7.05 Å². The Morgan fingerprint density at radius 1 is 1.18 bits per heavy atom. The number of likely N-dealkylation sites (N-methyl/N-ethyl adjacent to an activating group) is 1. The summed E-state index contributed by atoms with van der Waals surface area (Å²) in [6, 6.07) is 5.83. The number of rotatable bonds is 3. The highest BCUT2D eigenvalue weighted by molar-refractivity contribution is 6.36. The van der Waals surface area contributed by atoms with Gasteiger partial charge in [-0.2, -0.15) is 0 Å². The summed E-state index contributed by atoms with van der Waals surface area (Å²) in [4.78, 5) is 0. The normalized spacial score (nSPS) is 17.7. The zero-order valence-corrected chi connectivity index (χ0v) is 11.5. The molecule has 1 aliphatic rings. The fraction of sp³-hybridized carbons (Fsp3) is 0.429. The molecule has 0 fully saturated rings. The second-order valence-electron chi connectivity index (χ2n) is 4.38. The predicted molar refractivity (Wildman–Crippen MR) is 74.8 cm³/mol. The third-order valence-corrected chi connectivity index (χ3v) is 3.93. The van der Waals surface area contributed by atoms with Gasteiger partial charge in [0, 0.05) is 15.6 Å². The van der Waals surface area contributed by atoms with Gasteiger partial charge >= 0.3 is 0 Å². The first-order chi connectivity index (χ1) is 8.24. The molecular weight excluding hydrogens is 253 g/mol. The molecule has 0 saturated heterocycles. The summed E-state index contributed by atoms with van der Waals surface area (Å²) in [5, 5.41) is 4.81. The first-order valence-electron chi connectivity index (χ1n) is 6.04. The molecule has 17 heavy (non-hydrogen) atoms. The summed E-state index contributed by atoms with van der Waals surface area (Å²) in [6.45, 7) is 0. The lowest BCUT2D eigenvalue weighted by molar-refractivity contribution is 0.593. The summed E-state index contributed by atoms with van der Waals surface area (Å²) in [5.74, 6) is 0. The molecule has 0 aromatic heterocycles. The molecule has 1 aromatic carbocycles. The fourth-order valence-electron chi connectivity index (χ4n) is 2.43. The number of nitrogens with one attached hydrogen (secondary N) is 1. The van der Waals surface area contributed by atoms with Crippen LogP contribution in [0.4, 0.5) is 0 Å². The molecule has 1 aromatic rings. The summed E-state index contributed by atoms with van der Waals surface area (Å²) < 4.78 is 0. The van der Waals surface area contributed by atoms with Crippen LogP contribution in [0.2, 0.25) is 10.0 Å². The Labute approximate surface area is 113 Å². The van der Waals surface area contributed by atoms with Gasteiger partial charge in [0.1, 0.15) is 0 Å². The van der Waals surface area contributed by atoms with Crippen LogP contribution in [0.1, 0.15) is 37.3 Å². The van der Waals surface area contributed by atoms with E-state index in [0.717, 1.165) is 28.5 Å². The van der Waals surface area contributed by atoms with Crippen LogP contribution in [0.15, 0.2) is 29.8 Å². The maximum absolute atomic E-state index is 6.27. The molecule has 0 amide bonds. The molecule has 1 atom stereocenters. The number of halogens is 2. The molecule has 92 valence electrons. The monoisotopic (exact) mass is 269 g/mol. The van der Waals surface area contributed by atoms with Gasteiger partial charge in [-0.1, -0.05) is 40.9 Å². The van der Waals surface area contributed by atoms with Gasteiger partial charge in [-0.25, -0.2) is 0 Å². The van der Waals surface area contributed by atoms with E-state index < -0.39 is 0 Å². The lowest BCUT2D eigenvalue weighted by Gasteiger charge is -2.25. The van der Waals surface area contributed by atoms with Gasteiger partial charge in [-0.15, -0.1) is 0 Å². The summed E-state index contributed by atoms with van der Waals surface area (Å²) >= 11 is 12.5. The van der Waals surface area contributed by atoms with E-state index in [2.05, 4.69) is 11.4 Å². The van der Waals surface area contributed by atoms with Gasteiger partial charge in [0.2, 0.25) is 0 Å². The van der Waals surface area contributed by atoms with Crippen molar-refractivity contribution in [3.63, 3.8) is 0 Å². The summed E-state index contributed by atoms with van der Waals surface area (Å²) in [6.07, 6.45) is 7.16. The van der Waals surface area contributed by atoms with Crippen LogP contribution in [-0.2, 0) is 0 Å². The van der Waals surface area contributed by atoms with Crippen LogP contribution in [0.25, 0.3) is 0 Å². The van der Waals surface area contributed by atoms with Gasteiger partial charge in [0.25, 0.3) is 0 Å². The smallest absolute Gasteiger partial charge is 0.0563 e. The van der Waals surface area contributed by atoms with Crippen molar-refractivity contribution in [3.8, 4) is 0 Å². The maximum atomic E-state index is 6.27. The molecule has 3 heteroatoms. The van der Waals surface area contributed by atoms with Crippen LogP contribution >= 0.6 is 23.2 Å². The molecule has 0 spiro atoms. The summed E-state index contributed by atoms with van der Waals surface area (Å²) in [5.41, 5.74) is 2.42. The topological polar surface area (TPSA) is 12.0 Å². The first-order valence-corrected chi connectivity index (χ1v) is 6.79. The van der Waals surface area contributed by atoms with E-state index in [4.69, 9.17) is 23.2 Å². The molecule has 2 rings (SSSR count). The number of hydrogen-bond acceptors (Lipinski definition) is 1. The van der Waals surface area contributed by atoms with E-state index in [1.54, 1.807) is 0 Å². The molecule has 0 radical (unpaired) electrons. The van der Waals surface area contributed by atoms with Crippen LogP contribution < -0.4 is 5.32 Å². The van der Waals surface area contributed by atoms with Crippen LogP contribution in [-0.4, -0.2) is 7.05 Å². The Hall–Kier alpha value is -0.500. The highest BCUT2D eigenvalue weighted by Crippen LogP contribution is 2.37. The molecule has 0 aliphatic heterocycles. The highest BCUT2D eigenvalue weighted by Gasteiger charge is 2.21. The van der Waals surface area contributed by atoms with Gasteiger partial charge in [-0.3, -0.25) is 0 Å². The Bertz CT molecular complexity index is 406. The fourth-order valence-corrected chi connectivity index (χ4v) is 3.04. The van der Waals surface area contributed by atoms with Gasteiger partial charge < -0.3 is 5.32 Å². The van der Waals surface area contributed by atoms with Crippen molar-refractivity contribution in [2.24, 2.45) is 0 Å². The molecule has 0 bridgehead atoms. The van der Waals surface area contributed by atoms with Crippen molar-refractivity contribution in [1.29, 1.82) is 0 Å². The second kappa shape index (κ2) is 5.90. The van der Waals surface area contributed by atoms with E-state index in [-0.39, 0.29) is 6.04 Å². The number of allylic oxidation sites excluding steroid dienone is 1. The van der Waals surface area contributed by atoms with Crippen molar-refractivity contribution < 1.29 is 0 Å². The Kier molecular flexibility index (Phi) is 4.49. The molecule has 0 heterocycles. The number of hydrogen-bond donors (Lipinski definition) is 1. The lowest BCUT2D eigenvalue weighted by atomic mass is 9.90. The zero-order chi connectivity index (χ0) is 12.3. The largest absolute Gasteiger partial charge is 0.310 e. The quantitative estimate of drug-likeness (QED) is 0.781. The minimum absolute atomic E-state index is 0.150. The molecule has 1 nitrogen and oxygen atoms in total. The molecule has 1 unspecified atom stereocenters.